The summed E-state index contributed by atoms with van der Waals surface area (Å²) < 4.78 is 6.03. The minimum atomic E-state index is -0.826. The molecule has 0 saturated heterocycles. The van der Waals surface area contributed by atoms with Gasteiger partial charge in [-0.2, -0.15) is 9.78 Å². The Balaban J connectivity index is 1.61. The van der Waals surface area contributed by atoms with Gasteiger partial charge in [-0.1, -0.05) is 44.5 Å². The Morgan fingerprint density at radius 2 is 1.86 bits per heavy atom. The lowest BCUT2D eigenvalue weighted by Gasteiger charge is -2.22. The van der Waals surface area contributed by atoms with Crippen LogP contribution in [0.2, 0.25) is 5.02 Å². The molecule has 15 heteroatoms. The number of hydrogen-bond donors (Lipinski definition) is 4. The fourth-order valence-electron chi connectivity index (χ4n) is 3.93. The molecule has 0 aliphatic carbocycles. The van der Waals surface area contributed by atoms with Crippen LogP contribution in [0.4, 0.5) is 10.5 Å². The number of halogens is 1. The van der Waals surface area contributed by atoms with Crippen molar-refractivity contribution in [3.63, 3.8) is 0 Å². The molecule has 2 aromatic carbocycles. The number of carbonyl (C=O) groups excluding carboxylic acids is 3. The summed E-state index contributed by atoms with van der Waals surface area (Å²) in [5.41, 5.74) is 1.58. The van der Waals surface area contributed by atoms with Crippen LogP contribution in [-0.2, 0) is 14.3 Å². The van der Waals surface area contributed by atoms with Gasteiger partial charge in [-0.15, -0.1) is 5.10 Å². The Morgan fingerprint density at radius 1 is 1.11 bits per heavy atom. The number of carbonyl (C=O) groups is 3. The maximum Gasteiger partial charge on any atom is 0.411 e. The number of ether oxygens (including phenoxy) is 1. The lowest BCUT2D eigenvalue weighted by molar-refractivity contribution is -0.128. The molecule has 0 aliphatic rings. The van der Waals surface area contributed by atoms with Crippen LogP contribution in [0.3, 0.4) is 0 Å². The summed E-state index contributed by atoms with van der Waals surface area (Å²) in [7, 11) is 1.25. The van der Waals surface area contributed by atoms with Gasteiger partial charge in [0, 0.05) is 34.3 Å². The van der Waals surface area contributed by atoms with Gasteiger partial charge >= 0.3 is 6.09 Å². The van der Waals surface area contributed by atoms with Crippen LogP contribution in [0.1, 0.15) is 38.1 Å². The normalized spacial score (nSPS) is 12.0. The topological polar surface area (TPSA) is 186 Å². The van der Waals surface area contributed by atoms with Crippen molar-refractivity contribution in [2.24, 2.45) is 5.41 Å². The number of hydrogen-bond acceptors (Lipinski definition) is 9. The number of tetrazole rings is 1. The van der Waals surface area contributed by atoms with Crippen LogP contribution in [0.5, 0.6) is 0 Å². The van der Waals surface area contributed by atoms with Gasteiger partial charge in [-0.05, 0) is 58.5 Å². The summed E-state index contributed by atoms with van der Waals surface area (Å²) in [6.07, 6.45) is 3.64. The number of aromatic nitrogens is 6. The second kappa shape index (κ2) is 13.7. The summed E-state index contributed by atoms with van der Waals surface area (Å²) in [4.78, 5) is 50.1. The number of H-pyrrole nitrogens is 1. The van der Waals surface area contributed by atoms with Crippen molar-refractivity contribution in [2.45, 2.75) is 26.8 Å². The van der Waals surface area contributed by atoms with Crippen molar-refractivity contribution >= 4 is 41.3 Å². The van der Waals surface area contributed by atoms with E-state index in [0.717, 1.165) is 0 Å². The van der Waals surface area contributed by atoms with E-state index in [1.165, 1.54) is 30.3 Å². The zero-order valence-corrected chi connectivity index (χ0v) is 25.0. The Kier molecular flexibility index (Phi) is 9.85. The Morgan fingerprint density at radius 3 is 2.52 bits per heavy atom. The highest BCUT2D eigenvalue weighted by Crippen LogP contribution is 2.23. The van der Waals surface area contributed by atoms with Gasteiger partial charge in [0.05, 0.1) is 30.1 Å². The molecule has 0 unspecified atom stereocenters. The average Bonchev–Trinajstić information content (AvgIpc) is 3.53. The van der Waals surface area contributed by atoms with Crippen LogP contribution >= 0.6 is 11.6 Å². The lowest BCUT2D eigenvalue weighted by atomic mass is 9.95. The quantitative estimate of drug-likeness (QED) is 0.204. The molecule has 4 rings (SSSR count). The number of nitrogens with one attached hydrogen (secondary N) is 4. The second-order valence-electron chi connectivity index (χ2n) is 10.5. The number of rotatable bonds is 9. The van der Waals surface area contributed by atoms with Gasteiger partial charge in [0.1, 0.15) is 6.33 Å². The molecule has 4 N–H and O–H groups in total. The van der Waals surface area contributed by atoms with Gasteiger partial charge in [0.2, 0.25) is 11.8 Å². The van der Waals surface area contributed by atoms with Gasteiger partial charge in [-0.25, -0.2) is 9.89 Å². The summed E-state index contributed by atoms with van der Waals surface area (Å²) in [6.45, 7) is 5.28. The van der Waals surface area contributed by atoms with Crippen LogP contribution in [0.25, 0.3) is 22.9 Å². The van der Waals surface area contributed by atoms with Crippen molar-refractivity contribution in [3.8, 4) is 16.8 Å². The minimum absolute atomic E-state index is 0.0107. The monoisotopic (exact) mass is 619 g/mol. The van der Waals surface area contributed by atoms with Crippen LogP contribution in [-0.4, -0.2) is 62.0 Å². The fraction of sp³-hybridized carbons (Fsp3) is 0.241. The third kappa shape index (κ3) is 8.13. The van der Waals surface area contributed by atoms with Crippen LogP contribution < -0.4 is 21.5 Å². The van der Waals surface area contributed by atoms with Crippen LogP contribution in [0.15, 0.2) is 65.7 Å². The first kappa shape index (κ1) is 31.6. The van der Waals surface area contributed by atoms with Gasteiger partial charge < -0.3 is 15.4 Å². The lowest BCUT2D eigenvalue weighted by Crippen LogP contribution is -2.42. The zero-order valence-electron chi connectivity index (χ0n) is 24.3. The zero-order chi connectivity index (χ0) is 31.9. The molecule has 3 amide bonds. The van der Waals surface area contributed by atoms with Crippen molar-refractivity contribution in [3.05, 3.63) is 87.6 Å². The third-order valence-corrected chi connectivity index (χ3v) is 6.51. The van der Waals surface area contributed by atoms with Crippen LogP contribution in [0, 0.1) is 5.41 Å². The molecule has 0 spiro atoms. The highest BCUT2D eigenvalue weighted by molar-refractivity contribution is 6.30. The third-order valence-electron chi connectivity index (χ3n) is 6.27. The molecule has 44 heavy (non-hydrogen) atoms. The van der Waals surface area contributed by atoms with Gasteiger partial charge in [0.25, 0.3) is 5.56 Å². The summed E-state index contributed by atoms with van der Waals surface area (Å²) in [5.74, 6) is -0.744. The minimum Gasteiger partial charge on any atom is -0.453 e. The molecule has 0 bridgehead atoms. The highest BCUT2D eigenvalue weighted by Gasteiger charge is 2.24. The van der Waals surface area contributed by atoms with Crippen molar-refractivity contribution in [1.82, 2.24) is 41.0 Å². The van der Waals surface area contributed by atoms with E-state index in [2.05, 4.69) is 46.4 Å². The fourth-order valence-corrected chi connectivity index (χ4v) is 4.11. The largest absolute Gasteiger partial charge is 0.453 e. The van der Waals surface area contributed by atoms with Crippen molar-refractivity contribution < 1.29 is 19.1 Å². The molecular weight excluding hydrogens is 590 g/mol. The SMILES string of the molecule is COC(=O)Nc1ccc(-c2cc([C@H](CNC(=O)C(C)(C)C)NC(=O)/C=C/c3cc(Cl)ccc3-n3cnnn3)n[nH]c2=O)cc1. The summed E-state index contributed by atoms with van der Waals surface area (Å²) in [5, 5.41) is 26.5. The Hall–Kier alpha value is -5.37. The van der Waals surface area contributed by atoms with Gasteiger partial charge in [-0.3, -0.25) is 19.7 Å². The molecule has 0 saturated carbocycles. The van der Waals surface area contributed by atoms with E-state index in [0.29, 0.717) is 33.2 Å². The molecule has 0 aliphatic heterocycles. The number of anilines is 1. The standard InChI is InChI=1S/C29H30ClN9O5/c1-29(2,3)27(42)31-15-23(34-25(40)12-7-18-13-19(30)8-11-24(18)39-16-32-37-38-39)22-14-21(26(41)36-35-22)17-5-9-20(10-6-17)33-28(43)44-4/h5-14,16,23H,15H2,1-4H3,(H,31,42)(H,33,43)(H,34,40)(H,36,41)/b12-7+/t23-/m0/s1. The Labute approximate surface area is 256 Å². The number of amides is 3. The summed E-state index contributed by atoms with van der Waals surface area (Å²) in [6, 6.07) is 12.3. The van der Waals surface area contributed by atoms with E-state index in [1.807, 2.05) is 0 Å². The van der Waals surface area contributed by atoms with Gasteiger partial charge in [0.15, 0.2) is 0 Å². The number of benzene rings is 2. The predicted octanol–water partition coefficient (Wildman–Crippen LogP) is 3.28. The van der Waals surface area contributed by atoms with Crippen molar-refractivity contribution in [1.29, 1.82) is 0 Å². The number of methoxy groups -OCH3 is 1. The second-order valence-corrected chi connectivity index (χ2v) is 11.0. The first-order valence-electron chi connectivity index (χ1n) is 13.3. The maximum atomic E-state index is 13.2. The molecule has 1 atom stereocenters. The van der Waals surface area contributed by atoms with E-state index in [-0.39, 0.29) is 18.0 Å². The molecule has 228 valence electrons. The van der Waals surface area contributed by atoms with E-state index < -0.39 is 29.0 Å². The molecule has 0 fully saturated rings. The number of aromatic amines is 1. The van der Waals surface area contributed by atoms with E-state index >= 15 is 0 Å². The average molecular weight is 620 g/mol. The van der Waals surface area contributed by atoms with E-state index in [1.54, 1.807) is 69.3 Å². The molecular formula is C29H30ClN9O5. The molecule has 0 radical (unpaired) electrons. The molecule has 2 aromatic heterocycles. The predicted molar refractivity (Wildman–Crippen MR) is 163 cm³/mol. The highest BCUT2D eigenvalue weighted by atomic mass is 35.5. The smallest absolute Gasteiger partial charge is 0.411 e. The number of nitrogens with zero attached hydrogens (tertiary/aromatic N) is 5. The maximum absolute atomic E-state index is 13.2. The van der Waals surface area contributed by atoms with Crippen molar-refractivity contribution in [2.75, 3.05) is 19.0 Å². The van der Waals surface area contributed by atoms with E-state index in [9.17, 15) is 19.2 Å². The van der Waals surface area contributed by atoms with E-state index in [4.69, 9.17) is 11.6 Å². The Bertz CT molecular complexity index is 1730. The molecule has 2 heterocycles. The summed E-state index contributed by atoms with van der Waals surface area (Å²) >= 11 is 6.18. The molecule has 14 nitrogen and oxygen atoms in total. The molecule has 4 aromatic rings. The first-order chi connectivity index (χ1) is 20.9. The first-order valence-corrected chi connectivity index (χ1v) is 13.7.